The highest BCUT2D eigenvalue weighted by Crippen LogP contribution is 2.22. The molecule has 0 aliphatic carbocycles. The van der Waals surface area contributed by atoms with Gasteiger partial charge in [0.2, 0.25) is 5.88 Å². The van der Waals surface area contributed by atoms with Gasteiger partial charge in [0.25, 0.3) is 0 Å². The third-order valence-electron chi connectivity index (χ3n) is 2.29. The van der Waals surface area contributed by atoms with Crippen LogP contribution in [0.5, 0.6) is 5.88 Å². The van der Waals surface area contributed by atoms with Gasteiger partial charge in [0.05, 0.1) is 6.04 Å². The molecular weight excluding hydrogens is 196 g/mol. The summed E-state index contributed by atoms with van der Waals surface area (Å²) in [5.41, 5.74) is 1.85. The maximum absolute atomic E-state index is 10.5. The molecule has 1 unspecified atom stereocenters. The third kappa shape index (κ3) is 2.18. The van der Waals surface area contributed by atoms with Crippen molar-refractivity contribution in [1.82, 2.24) is 10.3 Å². The van der Waals surface area contributed by atoms with E-state index in [-0.39, 0.29) is 6.04 Å². The average Bonchev–Trinajstić information content (AvgIpc) is 2.17. The fourth-order valence-corrected chi connectivity index (χ4v) is 1.61. The predicted molar refractivity (Wildman–Crippen MR) is 53.1 cm³/mol. The second kappa shape index (κ2) is 3.76. The summed E-state index contributed by atoms with van der Waals surface area (Å²) in [7, 11) is 0. The first-order valence-electron chi connectivity index (χ1n) is 4.74. The van der Waals surface area contributed by atoms with Gasteiger partial charge in [0.15, 0.2) is 0 Å². The Labute approximate surface area is 87.1 Å². The largest absolute Gasteiger partial charge is 0.475 e. The summed E-state index contributed by atoms with van der Waals surface area (Å²) in [6, 6.07) is 3.64. The van der Waals surface area contributed by atoms with Crippen molar-refractivity contribution in [3.63, 3.8) is 0 Å². The van der Waals surface area contributed by atoms with E-state index in [1.807, 2.05) is 19.1 Å². The molecule has 5 heteroatoms. The first-order valence-corrected chi connectivity index (χ1v) is 4.74. The summed E-state index contributed by atoms with van der Waals surface area (Å²) in [6.45, 7) is 2.24. The van der Waals surface area contributed by atoms with Gasteiger partial charge in [-0.3, -0.25) is 0 Å². The summed E-state index contributed by atoms with van der Waals surface area (Å²) >= 11 is 0. The summed E-state index contributed by atoms with van der Waals surface area (Å²) in [6.07, 6.45) is -0.387. The normalized spacial score (nSPS) is 18.9. The van der Waals surface area contributed by atoms with Crippen molar-refractivity contribution >= 4 is 6.09 Å². The van der Waals surface area contributed by atoms with Crippen LogP contribution in [0.1, 0.15) is 11.3 Å². The Morgan fingerprint density at radius 3 is 3.20 bits per heavy atom. The summed E-state index contributed by atoms with van der Waals surface area (Å²) < 4.78 is 5.38. The van der Waals surface area contributed by atoms with Gasteiger partial charge in [0, 0.05) is 17.7 Å². The van der Waals surface area contributed by atoms with Gasteiger partial charge < -0.3 is 15.2 Å². The number of carbonyl (C=O) groups is 1. The Balaban J connectivity index is 2.13. The van der Waals surface area contributed by atoms with E-state index in [1.165, 1.54) is 0 Å². The van der Waals surface area contributed by atoms with Crippen molar-refractivity contribution < 1.29 is 14.6 Å². The summed E-state index contributed by atoms with van der Waals surface area (Å²) in [4.78, 5) is 14.7. The van der Waals surface area contributed by atoms with Gasteiger partial charge in [-0.25, -0.2) is 9.78 Å². The standard InChI is InChI=1S/C10H12N2O3/c1-6-2-3-7-4-8(12-10(13)14)5-15-9(7)11-6/h2-3,8,12H,4-5H2,1H3,(H,13,14). The van der Waals surface area contributed by atoms with Crippen LogP contribution in [-0.4, -0.2) is 28.8 Å². The van der Waals surface area contributed by atoms with Crippen molar-refractivity contribution in [3.8, 4) is 5.88 Å². The molecule has 1 aromatic rings. The molecule has 2 N–H and O–H groups in total. The zero-order chi connectivity index (χ0) is 10.8. The van der Waals surface area contributed by atoms with Gasteiger partial charge in [0.1, 0.15) is 6.61 Å². The molecular formula is C10H12N2O3. The molecule has 0 spiro atoms. The second-order valence-electron chi connectivity index (χ2n) is 3.58. The van der Waals surface area contributed by atoms with Crippen molar-refractivity contribution in [2.75, 3.05) is 6.61 Å². The third-order valence-corrected chi connectivity index (χ3v) is 2.29. The molecule has 1 amide bonds. The SMILES string of the molecule is Cc1ccc2c(n1)OCC(NC(=O)O)C2. The molecule has 0 radical (unpaired) electrons. The minimum absolute atomic E-state index is 0.181. The Morgan fingerprint density at radius 1 is 1.67 bits per heavy atom. The minimum atomic E-state index is -1.02. The Hall–Kier alpha value is -1.78. The Morgan fingerprint density at radius 2 is 2.47 bits per heavy atom. The van der Waals surface area contributed by atoms with E-state index in [9.17, 15) is 4.79 Å². The first kappa shape index (κ1) is 9.76. The van der Waals surface area contributed by atoms with Gasteiger partial charge in [-0.15, -0.1) is 0 Å². The molecule has 1 aliphatic rings. The highest BCUT2D eigenvalue weighted by Gasteiger charge is 2.21. The van der Waals surface area contributed by atoms with Crippen LogP contribution in [0.4, 0.5) is 4.79 Å². The number of aryl methyl sites for hydroxylation is 1. The molecule has 1 aromatic heterocycles. The molecule has 1 atom stereocenters. The number of nitrogens with zero attached hydrogens (tertiary/aromatic N) is 1. The van der Waals surface area contributed by atoms with Crippen LogP contribution in [0.2, 0.25) is 0 Å². The Kier molecular flexibility index (Phi) is 2.45. The maximum atomic E-state index is 10.5. The number of hydrogen-bond donors (Lipinski definition) is 2. The van der Waals surface area contributed by atoms with Crippen LogP contribution in [0.25, 0.3) is 0 Å². The van der Waals surface area contributed by atoms with Crippen LogP contribution in [0.15, 0.2) is 12.1 Å². The molecule has 0 fully saturated rings. The van der Waals surface area contributed by atoms with Gasteiger partial charge >= 0.3 is 6.09 Å². The number of nitrogens with one attached hydrogen (secondary N) is 1. The highest BCUT2D eigenvalue weighted by molar-refractivity contribution is 5.65. The zero-order valence-corrected chi connectivity index (χ0v) is 8.36. The van der Waals surface area contributed by atoms with Gasteiger partial charge in [-0.05, 0) is 13.0 Å². The number of aromatic nitrogens is 1. The minimum Gasteiger partial charge on any atom is -0.475 e. The Bertz CT molecular complexity index is 392. The van der Waals surface area contributed by atoms with Gasteiger partial charge in [-0.1, -0.05) is 6.07 Å². The smallest absolute Gasteiger partial charge is 0.405 e. The van der Waals surface area contributed by atoms with Crippen LogP contribution in [0.3, 0.4) is 0 Å². The lowest BCUT2D eigenvalue weighted by molar-refractivity contribution is 0.174. The van der Waals surface area contributed by atoms with E-state index < -0.39 is 6.09 Å². The van der Waals surface area contributed by atoms with Crippen molar-refractivity contribution in [3.05, 3.63) is 23.4 Å². The van der Waals surface area contributed by atoms with Gasteiger partial charge in [-0.2, -0.15) is 0 Å². The molecule has 2 rings (SSSR count). The van der Waals surface area contributed by atoms with E-state index in [4.69, 9.17) is 9.84 Å². The van der Waals surface area contributed by atoms with Crippen LogP contribution >= 0.6 is 0 Å². The quantitative estimate of drug-likeness (QED) is 0.721. The molecule has 0 saturated heterocycles. The van der Waals surface area contributed by atoms with E-state index in [2.05, 4.69) is 10.3 Å². The number of pyridine rings is 1. The predicted octanol–water partition coefficient (Wildman–Crippen LogP) is 0.961. The monoisotopic (exact) mass is 208 g/mol. The fraction of sp³-hybridized carbons (Fsp3) is 0.400. The van der Waals surface area contributed by atoms with Crippen molar-refractivity contribution in [2.45, 2.75) is 19.4 Å². The number of ether oxygens (including phenoxy) is 1. The maximum Gasteiger partial charge on any atom is 0.405 e. The van der Waals surface area contributed by atoms with Crippen molar-refractivity contribution in [2.24, 2.45) is 0 Å². The van der Waals surface area contributed by atoms with Crippen molar-refractivity contribution in [1.29, 1.82) is 0 Å². The topological polar surface area (TPSA) is 71.5 Å². The molecule has 0 aromatic carbocycles. The van der Waals surface area contributed by atoms with E-state index in [1.54, 1.807) is 0 Å². The number of fused-ring (bicyclic) bond motifs is 1. The van der Waals surface area contributed by atoms with Crippen LogP contribution in [-0.2, 0) is 6.42 Å². The van der Waals surface area contributed by atoms with Crippen LogP contribution < -0.4 is 10.1 Å². The first-order chi connectivity index (χ1) is 7.15. The number of hydrogen-bond acceptors (Lipinski definition) is 3. The lowest BCUT2D eigenvalue weighted by Gasteiger charge is -2.24. The number of rotatable bonds is 1. The summed E-state index contributed by atoms with van der Waals surface area (Å²) in [5, 5.41) is 11.0. The zero-order valence-electron chi connectivity index (χ0n) is 8.36. The molecule has 2 heterocycles. The second-order valence-corrected chi connectivity index (χ2v) is 3.58. The summed E-state index contributed by atoms with van der Waals surface area (Å²) in [5.74, 6) is 0.624. The number of carboxylic acid groups (broad SMARTS) is 1. The molecule has 5 nitrogen and oxygen atoms in total. The van der Waals surface area contributed by atoms with Crippen LogP contribution in [0, 0.1) is 6.92 Å². The molecule has 1 aliphatic heterocycles. The molecule has 15 heavy (non-hydrogen) atoms. The lowest BCUT2D eigenvalue weighted by atomic mass is 10.1. The molecule has 0 saturated carbocycles. The molecule has 80 valence electrons. The highest BCUT2D eigenvalue weighted by atomic mass is 16.5. The lowest BCUT2D eigenvalue weighted by Crippen LogP contribution is -2.42. The van der Waals surface area contributed by atoms with E-state index in [0.717, 1.165) is 11.3 Å². The number of amides is 1. The average molecular weight is 208 g/mol. The fourth-order valence-electron chi connectivity index (χ4n) is 1.61. The van der Waals surface area contributed by atoms with E-state index >= 15 is 0 Å². The van der Waals surface area contributed by atoms with E-state index in [0.29, 0.717) is 18.9 Å². The molecule has 0 bridgehead atoms.